The van der Waals surface area contributed by atoms with Crippen molar-refractivity contribution in [3.05, 3.63) is 146 Å². The van der Waals surface area contributed by atoms with Gasteiger partial charge >= 0.3 is 0 Å². The Morgan fingerprint density at radius 1 is 0.404 bits per heavy atom. The SMILES string of the molecule is c1ccc2cc(-c3nc(-c4cc5ccc6ccccc6c5c5ccccc45)nc(-c4cccc5oc6cccnc6c45)n3)ccc2c1. The molecule has 47 heavy (non-hydrogen) atoms. The molecule has 0 unspecified atom stereocenters. The second-order valence-corrected chi connectivity index (χ2v) is 11.9. The highest BCUT2D eigenvalue weighted by molar-refractivity contribution is 6.23. The maximum atomic E-state index is 6.20. The monoisotopic (exact) mass is 600 g/mol. The first-order valence-corrected chi connectivity index (χ1v) is 15.6. The molecule has 0 radical (unpaired) electrons. The summed E-state index contributed by atoms with van der Waals surface area (Å²) in [5, 5.41) is 10.2. The molecule has 0 aliphatic carbocycles. The molecule has 0 fully saturated rings. The number of rotatable bonds is 3. The zero-order chi connectivity index (χ0) is 30.9. The zero-order valence-electron chi connectivity index (χ0n) is 25.1. The lowest BCUT2D eigenvalue weighted by Crippen LogP contribution is -2.01. The summed E-state index contributed by atoms with van der Waals surface area (Å²) >= 11 is 0. The molecule has 0 saturated carbocycles. The Kier molecular flexibility index (Phi) is 5.51. The van der Waals surface area contributed by atoms with Crippen LogP contribution in [0.15, 0.2) is 150 Å². The molecule has 10 rings (SSSR count). The van der Waals surface area contributed by atoms with Crippen molar-refractivity contribution in [2.24, 2.45) is 0 Å². The molecule has 218 valence electrons. The molecule has 5 heteroatoms. The Balaban J connectivity index is 1.30. The molecule has 0 bridgehead atoms. The summed E-state index contributed by atoms with van der Waals surface area (Å²) in [6, 6.07) is 48.2. The van der Waals surface area contributed by atoms with Gasteiger partial charge in [0.1, 0.15) is 11.1 Å². The smallest absolute Gasteiger partial charge is 0.164 e. The lowest BCUT2D eigenvalue weighted by molar-refractivity contribution is 0.668. The fraction of sp³-hybridized carbons (Fsp3) is 0. The Morgan fingerprint density at radius 3 is 1.98 bits per heavy atom. The van der Waals surface area contributed by atoms with Crippen molar-refractivity contribution < 1.29 is 4.42 Å². The van der Waals surface area contributed by atoms with Crippen LogP contribution in [0.1, 0.15) is 0 Å². The fourth-order valence-electron chi connectivity index (χ4n) is 6.96. The van der Waals surface area contributed by atoms with Gasteiger partial charge in [-0.2, -0.15) is 0 Å². The number of hydrogen-bond acceptors (Lipinski definition) is 5. The van der Waals surface area contributed by atoms with E-state index in [4.69, 9.17) is 19.4 Å². The lowest BCUT2D eigenvalue weighted by atomic mass is 9.93. The molecule has 0 aliphatic rings. The number of nitrogens with zero attached hydrogens (tertiary/aromatic N) is 4. The number of hydrogen-bond donors (Lipinski definition) is 0. The van der Waals surface area contributed by atoms with Crippen molar-refractivity contribution in [3.8, 4) is 34.2 Å². The van der Waals surface area contributed by atoms with E-state index in [1.54, 1.807) is 6.20 Å². The molecule has 0 aliphatic heterocycles. The number of pyridine rings is 1. The summed E-state index contributed by atoms with van der Waals surface area (Å²) in [7, 11) is 0. The van der Waals surface area contributed by atoms with E-state index in [2.05, 4.69) is 114 Å². The Hall–Kier alpha value is -6.46. The van der Waals surface area contributed by atoms with E-state index >= 15 is 0 Å². The van der Waals surface area contributed by atoms with Gasteiger partial charge in [-0.05, 0) is 73.4 Å². The van der Waals surface area contributed by atoms with Crippen LogP contribution in [0.4, 0.5) is 0 Å². The van der Waals surface area contributed by atoms with E-state index in [1.165, 1.54) is 21.5 Å². The summed E-state index contributed by atoms with van der Waals surface area (Å²) in [6.07, 6.45) is 1.79. The minimum absolute atomic E-state index is 0.569. The molecule has 3 heterocycles. The Bertz CT molecular complexity index is 2870. The highest BCUT2D eigenvalue weighted by Gasteiger charge is 2.20. The largest absolute Gasteiger partial charge is 0.454 e. The lowest BCUT2D eigenvalue weighted by Gasteiger charge is -2.14. The van der Waals surface area contributed by atoms with Gasteiger partial charge in [0, 0.05) is 22.9 Å². The van der Waals surface area contributed by atoms with Crippen molar-refractivity contribution >= 4 is 65.2 Å². The number of aromatic nitrogens is 4. The topological polar surface area (TPSA) is 64.7 Å². The maximum Gasteiger partial charge on any atom is 0.164 e. The van der Waals surface area contributed by atoms with Crippen LogP contribution in [0.2, 0.25) is 0 Å². The number of furan rings is 1. The van der Waals surface area contributed by atoms with Crippen molar-refractivity contribution in [3.63, 3.8) is 0 Å². The van der Waals surface area contributed by atoms with Crippen molar-refractivity contribution in [2.45, 2.75) is 0 Å². The van der Waals surface area contributed by atoms with Gasteiger partial charge < -0.3 is 4.42 Å². The van der Waals surface area contributed by atoms with Crippen molar-refractivity contribution in [2.75, 3.05) is 0 Å². The van der Waals surface area contributed by atoms with E-state index in [0.29, 0.717) is 17.5 Å². The first-order valence-electron chi connectivity index (χ1n) is 15.6. The summed E-state index contributed by atoms with van der Waals surface area (Å²) < 4.78 is 6.20. The standard InChI is InChI=1S/C42H24N4O/c1-2-11-27-23-29(21-18-25(27)9-1)40-44-41(33-15-7-16-35-38(33)39-36(47-35)17-8-22-43-39)46-42(45-40)34-24-28-20-19-26-10-3-4-12-30(26)37(28)32-14-6-5-13-31(32)34/h1-24H. The minimum Gasteiger partial charge on any atom is -0.454 e. The number of benzene rings is 7. The molecule has 7 aromatic carbocycles. The van der Waals surface area contributed by atoms with Crippen LogP contribution in [-0.4, -0.2) is 19.9 Å². The van der Waals surface area contributed by atoms with Gasteiger partial charge in [0.25, 0.3) is 0 Å². The van der Waals surface area contributed by atoms with Crippen LogP contribution in [0.5, 0.6) is 0 Å². The highest BCUT2D eigenvalue weighted by atomic mass is 16.3. The number of fused-ring (bicyclic) bond motifs is 9. The predicted molar refractivity (Wildman–Crippen MR) is 191 cm³/mol. The van der Waals surface area contributed by atoms with Gasteiger partial charge in [-0.15, -0.1) is 0 Å². The molecule has 0 saturated heterocycles. The highest BCUT2D eigenvalue weighted by Crippen LogP contribution is 2.40. The van der Waals surface area contributed by atoms with Crippen LogP contribution in [0.25, 0.3) is 99.3 Å². The van der Waals surface area contributed by atoms with Gasteiger partial charge in [-0.25, -0.2) is 15.0 Å². The molecule has 0 N–H and O–H groups in total. The third-order valence-electron chi connectivity index (χ3n) is 9.13. The van der Waals surface area contributed by atoms with E-state index < -0.39 is 0 Å². The molecule has 0 amide bonds. The van der Waals surface area contributed by atoms with Crippen LogP contribution in [-0.2, 0) is 0 Å². The van der Waals surface area contributed by atoms with Gasteiger partial charge in [0.05, 0.1) is 5.39 Å². The van der Waals surface area contributed by atoms with Crippen LogP contribution < -0.4 is 0 Å². The van der Waals surface area contributed by atoms with Crippen LogP contribution in [0, 0.1) is 0 Å². The van der Waals surface area contributed by atoms with E-state index in [0.717, 1.165) is 60.3 Å². The normalized spacial score (nSPS) is 11.8. The molecule has 5 nitrogen and oxygen atoms in total. The second kappa shape index (κ2) is 10.0. The minimum atomic E-state index is 0.569. The Morgan fingerprint density at radius 2 is 1.09 bits per heavy atom. The third kappa shape index (κ3) is 4.03. The quantitative estimate of drug-likeness (QED) is 0.189. The van der Waals surface area contributed by atoms with E-state index in [-0.39, 0.29) is 0 Å². The molecular formula is C42H24N4O. The molecule has 0 spiro atoms. The summed E-state index contributed by atoms with van der Waals surface area (Å²) in [6.45, 7) is 0. The average molecular weight is 601 g/mol. The third-order valence-corrected chi connectivity index (χ3v) is 9.13. The molecule has 0 atom stereocenters. The maximum absolute atomic E-state index is 6.20. The predicted octanol–water partition coefficient (Wildman–Crippen LogP) is 10.8. The van der Waals surface area contributed by atoms with Gasteiger partial charge in [-0.3, -0.25) is 4.98 Å². The first-order chi connectivity index (χ1) is 23.3. The average Bonchev–Trinajstić information content (AvgIpc) is 3.53. The first kappa shape index (κ1) is 25.8. The summed E-state index contributed by atoms with van der Waals surface area (Å²) in [5.74, 6) is 1.79. The second-order valence-electron chi connectivity index (χ2n) is 11.9. The van der Waals surface area contributed by atoms with Crippen molar-refractivity contribution in [1.82, 2.24) is 19.9 Å². The Labute approximate surface area is 268 Å². The molecular weight excluding hydrogens is 576 g/mol. The van der Waals surface area contributed by atoms with E-state index in [1.807, 2.05) is 30.3 Å². The summed E-state index contributed by atoms with van der Waals surface area (Å²) in [4.78, 5) is 20.2. The van der Waals surface area contributed by atoms with Crippen molar-refractivity contribution in [1.29, 1.82) is 0 Å². The summed E-state index contributed by atoms with van der Waals surface area (Å²) in [5.41, 5.74) is 4.99. The van der Waals surface area contributed by atoms with Gasteiger partial charge in [-0.1, -0.05) is 109 Å². The molecule has 3 aromatic heterocycles. The molecule has 10 aromatic rings. The fourth-order valence-corrected chi connectivity index (χ4v) is 6.96. The zero-order valence-corrected chi connectivity index (χ0v) is 25.1. The van der Waals surface area contributed by atoms with Crippen LogP contribution in [0.3, 0.4) is 0 Å². The van der Waals surface area contributed by atoms with Crippen LogP contribution >= 0.6 is 0 Å². The van der Waals surface area contributed by atoms with Gasteiger partial charge in [0.2, 0.25) is 0 Å². The van der Waals surface area contributed by atoms with Gasteiger partial charge in [0.15, 0.2) is 23.1 Å². The van der Waals surface area contributed by atoms with E-state index in [9.17, 15) is 0 Å².